The van der Waals surface area contributed by atoms with Gasteiger partial charge in [0, 0.05) is 23.0 Å². The summed E-state index contributed by atoms with van der Waals surface area (Å²) in [5.41, 5.74) is 4.41. The molecule has 2 aromatic rings. The SMILES string of the molecule is C=CC1=C(/C=C\C)c2ccsc2C(C(=O)NC(CC)CCC)N(Cc2ccc(C)cc2)C1=O. The topological polar surface area (TPSA) is 49.4 Å². The quantitative estimate of drug-likeness (QED) is 0.472. The summed E-state index contributed by atoms with van der Waals surface area (Å²) in [6.45, 7) is 12.5. The van der Waals surface area contributed by atoms with Gasteiger partial charge in [0.2, 0.25) is 5.91 Å². The minimum atomic E-state index is -0.697. The second-order valence-corrected chi connectivity index (χ2v) is 9.40. The standard InChI is InChI=1S/C28H34N2O2S/c1-6-10-21(8-3)29-27(31)25-26-24(16-17-33-26)23(11-7-2)22(9-4)28(32)30(25)18-20-14-12-19(5)13-15-20/h7,9,11-17,21,25H,4,6,8,10,18H2,1-3,5H3,(H,29,31)/b11-7-. The van der Waals surface area contributed by atoms with Crippen LogP contribution >= 0.6 is 11.3 Å². The second kappa shape index (κ2) is 11.3. The Morgan fingerprint density at radius 2 is 1.94 bits per heavy atom. The van der Waals surface area contributed by atoms with Gasteiger partial charge >= 0.3 is 0 Å². The summed E-state index contributed by atoms with van der Waals surface area (Å²) in [6.07, 6.45) is 8.25. The molecule has 3 rings (SSSR count). The van der Waals surface area contributed by atoms with Crippen molar-refractivity contribution in [3.05, 3.63) is 87.7 Å². The summed E-state index contributed by atoms with van der Waals surface area (Å²) in [6, 6.07) is 9.51. The first-order chi connectivity index (χ1) is 15.9. The Morgan fingerprint density at radius 1 is 1.21 bits per heavy atom. The zero-order valence-corrected chi connectivity index (χ0v) is 20.9. The number of fused-ring (bicyclic) bond motifs is 1. The van der Waals surface area contributed by atoms with E-state index in [2.05, 4.69) is 25.7 Å². The highest BCUT2D eigenvalue weighted by atomic mass is 32.1. The molecule has 2 unspecified atom stereocenters. The first-order valence-corrected chi connectivity index (χ1v) is 12.6. The maximum atomic E-state index is 13.9. The Kier molecular flexibility index (Phi) is 8.45. The van der Waals surface area contributed by atoms with Gasteiger partial charge in [-0.15, -0.1) is 11.3 Å². The number of carbonyl (C=O) groups excluding carboxylic acids is 2. The number of rotatable bonds is 9. The molecular weight excluding hydrogens is 428 g/mol. The van der Waals surface area contributed by atoms with Crippen LogP contribution in [0.3, 0.4) is 0 Å². The Bertz CT molecular complexity index is 1060. The molecule has 0 aliphatic carbocycles. The van der Waals surface area contributed by atoms with Crippen molar-refractivity contribution in [1.82, 2.24) is 10.2 Å². The molecule has 2 amide bonds. The molecule has 0 fully saturated rings. The molecule has 0 bridgehead atoms. The molecule has 1 aliphatic heterocycles. The van der Waals surface area contributed by atoms with E-state index in [0.29, 0.717) is 12.1 Å². The Labute approximate surface area is 201 Å². The van der Waals surface area contributed by atoms with Crippen molar-refractivity contribution >= 4 is 28.7 Å². The van der Waals surface area contributed by atoms with Crippen LogP contribution in [0.1, 0.15) is 67.6 Å². The van der Waals surface area contributed by atoms with Crippen molar-refractivity contribution in [3.8, 4) is 0 Å². The fourth-order valence-corrected chi connectivity index (χ4v) is 5.31. The van der Waals surface area contributed by atoms with E-state index < -0.39 is 6.04 Å². The summed E-state index contributed by atoms with van der Waals surface area (Å²) in [5.74, 6) is -0.296. The molecule has 1 aliphatic rings. The number of hydrogen-bond acceptors (Lipinski definition) is 3. The Morgan fingerprint density at radius 3 is 2.55 bits per heavy atom. The fourth-order valence-electron chi connectivity index (χ4n) is 4.29. The molecule has 174 valence electrons. The number of aryl methyl sites for hydroxylation is 1. The molecule has 4 nitrogen and oxygen atoms in total. The second-order valence-electron chi connectivity index (χ2n) is 8.45. The van der Waals surface area contributed by atoms with E-state index in [-0.39, 0.29) is 17.9 Å². The molecule has 0 radical (unpaired) electrons. The van der Waals surface area contributed by atoms with Crippen LogP contribution in [0.5, 0.6) is 0 Å². The highest BCUT2D eigenvalue weighted by Gasteiger charge is 2.39. The van der Waals surface area contributed by atoms with Gasteiger partial charge in [-0.3, -0.25) is 9.59 Å². The zero-order valence-electron chi connectivity index (χ0n) is 20.1. The molecule has 0 saturated heterocycles. The van der Waals surface area contributed by atoms with Gasteiger partial charge in [-0.1, -0.05) is 74.9 Å². The molecule has 0 saturated carbocycles. The number of allylic oxidation sites excluding steroid dienone is 3. The molecular formula is C28H34N2O2S. The largest absolute Gasteiger partial charge is 0.351 e. The van der Waals surface area contributed by atoms with Gasteiger partial charge in [-0.25, -0.2) is 0 Å². The number of amides is 2. The van der Waals surface area contributed by atoms with Gasteiger partial charge in [0.25, 0.3) is 5.91 Å². The lowest BCUT2D eigenvalue weighted by Crippen LogP contribution is -2.46. The number of nitrogens with zero attached hydrogens (tertiary/aromatic N) is 1. The van der Waals surface area contributed by atoms with Crippen molar-refractivity contribution in [1.29, 1.82) is 0 Å². The van der Waals surface area contributed by atoms with Crippen molar-refractivity contribution in [2.75, 3.05) is 0 Å². The van der Waals surface area contributed by atoms with Crippen LogP contribution in [-0.2, 0) is 16.1 Å². The van der Waals surface area contributed by atoms with Gasteiger partial charge < -0.3 is 10.2 Å². The molecule has 1 aromatic carbocycles. The van der Waals surface area contributed by atoms with E-state index in [4.69, 9.17) is 0 Å². The average Bonchev–Trinajstić information content (AvgIpc) is 3.25. The van der Waals surface area contributed by atoms with E-state index in [9.17, 15) is 9.59 Å². The minimum absolute atomic E-state index is 0.0901. The van der Waals surface area contributed by atoms with Crippen molar-refractivity contribution in [3.63, 3.8) is 0 Å². The first-order valence-electron chi connectivity index (χ1n) is 11.7. The van der Waals surface area contributed by atoms with Crippen LogP contribution in [0.15, 0.2) is 66.1 Å². The van der Waals surface area contributed by atoms with Gasteiger partial charge in [0.1, 0.15) is 6.04 Å². The van der Waals surface area contributed by atoms with Crippen LogP contribution in [0, 0.1) is 6.92 Å². The van der Waals surface area contributed by atoms with Crippen LogP contribution < -0.4 is 5.32 Å². The van der Waals surface area contributed by atoms with Crippen molar-refractivity contribution in [2.45, 2.75) is 65.6 Å². The molecule has 2 atom stereocenters. The number of thiophene rings is 1. The van der Waals surface area contributed by atoms with Gasteiger partial charge in [-0.2, -0.15) is 0 Å². The third kappa shape index (κ3) is 5.36. The third-order valence-electron chi connectivity index (χ3n) is 6.06. The number of carbonyl (C=O) groups is 2. The predicted molar refractivity (Wildman–Crippen MR) is 138 cm³/mol. The number of benzene rings is 1. The monoisotopic (exact) mass is 462 g/mol. The molecule has 1 aromatic heterocycles. The minimum Gasteiger partial charge on any atom is -0.351 e. The number of hydrogen-bond donors (Lipinski definition) is 1. The summed E-state index contributed by atoms with van der Waals surface area (Å²) in [7, 11) is 0. The van der Waals surface area contributed by atoms with E-state index >= 15 is 0 Å². The summed E-state index contributed by atoms with van der Waals surface area (Å²) >= 11 is 1.53. The van der Waals surface area contributed by atoms with Gasteiger partial charge in [-0.05, 0) is 54.8 Å². The lowest BCUT2D eigenvalue weighted by atomic mass is 9.99. The van der Waals surface area contributed by atoms with Crippen LogP contribution in [0.2, 0.25) is 0 Å². The van der Waals surface area contributed by atoms with E-state index in [1.54, 1.807) is 11.0 Å². The summed E-state index contributed by atoms with van der Waals surface area (Å²) in [5, 5.41) is 5.23. The maximum absolute atomic E-state index is 13.9. The van der Waals surface area contributed by atoms with Crippen molar-refractivity contribution < 1.29 is 9.59 Å². The Hall–Kier alpha value is -2.92. The molecule has 5 heteroatoms. The highest BCUT2D eigenvalue weighted by Crippen LogP contribution is 2.40. The van der Waals surface area contributed by atoms with Crippen LogP contribution in [0.4, 0.5) is 0 Å². The highest BCUT2D eigenvalue weighted by molar-refractivity contribution is 7.10. The van der Waals surface area contributed by atoms with Gasteiger partial charge in [0.15, 0.2) is 0 Å². The molecule has 33 heavy (non-hydrogen) atoms. The molecule has 0 spiro atoms. The number of nitrogens with one attached hydrogen (secondary N) is 1. The van der Waals surface area contributed by atoms with E-state index in [1.165, 1.54) is 11.3 Å². The third-order valence-corrected chi connectivity index (χ3v) is 7.03. The first kappa shape index (κ1) is 24.7. The normalized spacial score (nSPS) is 17.2. The fraction of sp³-hybridized carbons (Fsp3) is 0.357. The lowest BCUT2D eigenvalue weighted by Gasteiger charge is -2.31. The van der Waals surface area contributed by atoms with Gasteiger partial charge in [0.05, 0.1) is 0 Å². The van der Waals surface area contributed by atoms with Crippen LogP contribution in [0.25, 0.3) is 5.57 Å². The predicted octanol–water partition coefficient (Wildman–Crippen LogP) is 6.35. The molecule has 1 N–H and O–H groups in total. The summed E-state index contributed by atoms with van der Waals surface area (Å²) < 4.78 is 0. The lowest BCUT2D eigenvalue weighted by molar-refractivity contribution is -0.138. The van der Waals surface area contributed by atoms with Crippen LogP contribution in [-0.4, -0.2) is 22.8 Å². The van der Waals surface area contributed by atoms with E-state index in [1.807, 2.05) is 61.7 Å². The summed E-state index contributed by atoms with van der Waals surface area (Å²) in [4.78, 5) is 30.2. The molecule has 2 heterocycles. The van der Waals surface area contributed by atoms with Crippen molar-refractivity contribution in [2.24, 2.45) is 0 Å². The Balaban J connectivity index is 2.14. The van der Waals surface area contributed by atoms with E-state index in [0.717, 1.165) is 46.4 Å². The maximum Gasteiger partial charge on any atom is 0.255 e. The average molecular weight is 463 g/mol. The zero-order chi connectivity index (χ0) is 24.0. The smallest absolute Gasteiger partial charge is 0.255 e.